The van der Waals surface area contributed by atoms with Crippen LogP contribution in [0.25, 0.3) is 0 Å². The van der Waals surface area contributed by atoms with Crippen LogP contribution in [-0.2, 0) is 0 Å². The second-order valence-corrected chi connectivity index (χ2v) is 2.89. The quantitative estimate of drug-likeness (QED) is 0.735. The van der Waals surface area contributed by atoms with Crippen LogP contribution in [0.3, 0.4) is 0 Å². The molecule has 0 bridgehead atoms. The molecule has 12 heavy (non-hydrogen) atoms. The van der Waals surface area contributed by atoms with Crippen molar-refractivity contribution in [2.75, 3.05) is 12.3 Å². The molecule has 0 aromatic heterocycles. The van der Waals surface area contributed by atoms with Gasteiger partial charge in [0.25, 0.3) is 0 Å². The fourth-order valence-corrected chi connectivity index (χ4v) is 1.03. The molecule has 0 aliphatic carbocycles. The molecule has 3 heteroatoms. The largest absolute Gasteiger partial charge is 0.492 e. The lowest BCUT2D eigenvalue weighted by Crippen LogP contribution is -1.97. The molecule has 0 aliphatic heterocycles. The first-order valence-corrected chi connectivity index (χ1v) is 4.30. The van der Waals surface area contributed by atoms with Crippen LogP contribution in [0.1, 0.15) is 13.3 Å². The van der Waals surface area contributed by atoms with Gasteiger partial charge in [-0.2, -0.15) is 0 Å². The molecule has 0 spiro atoms. The summed E-state index contributed by atoms with van der Waals surface area (Å²) >= 11 is 5.88. The maximum Gasteiger partial charge on any atom is 0.139 e. The van der Waals surface area contributed by atoms with Gasteiger partial charge in [0.15, 0.2) is 0 Å². The standard InChI is InChI=1S/C9H12ClNO/c1-2-6-12-8-5-3-4-7(11)9(8)10/h3-5H,2,6,11H2,1H3. The minimum Gasteiger partial charge on any atom is -0.492 e. The number of benzene rings is 1. The van der Waals surface area contributed by atoms with Gasteiger partial charge in [0.05, 0.1) is 12.3 Å². The first kappa shape index (κ1) is 9.20. The average Bonchev–Trinajstić information content (AvgIpc) is 2.08. The van der Waals surface area contributed by atoms with Crippen molar-refractivity contribution < 1.29 is 4.74 Å². The van der Waals surface area contributed by atoms with E-state index in [1.807, 2.05) is 19.1 Å². The normalized spacial score (nSPS) is 9.83. The van der Waals surface area contributed by atoms with Gasteiger partial charge in [0.1, 0.15) is 10.8 Å². The van der Waals surface area contributed by atoms with Crippen molar-refractivity contribution >= 4 is 17.3 Å². The molecule has 0 amide bonds. The molecule has 66 valence electrons. The Morgan fingerprint density at radius 1 is 1.50 bits per heavy atom. The highest BCUT2D eigenvalue weighted by Crippen LogP contribution is 2.29. The van der Waals surface area contributed by atoms with Crippen molar-refractivity contribution in [2.24, 2.45) is 0 Å². The van der Waals surface area contributed by atoms with E-state index < -0.39 is 0 Å². The monoisotopic (exact) mass is 185 g/mol. The molecule has 1 aromatic carbocycles. The highest BCUT2D eigenvalue weighted by atomic mass is 35.5. The van der Waals surface area contributed by atoms with Crippen LogP contribution in [-0.4, -0.2) is 6.61 Å². The SMILES string of the molecule is CCCOc1cccc(N)c1Cl. The Hall–Kier alpha value is -0.890. The summed E-state index contributed by atoms with van der Waals surface area (Å²) in [6, 6.07) is 5.39. The molecular weight excluding hydrogens is 174 g/mol. The second-order valence-electron chi connectivity index (χ2n) is 2.51. The minimum absolute atomic E-state index is 0.506. The Balaban J connectivity index is 2.78. The van der Waals surface area contributed by atoms with Gasteiger partial charge in [0, 0.05) is 0 Å². The number of nitrogens with two attached hydrogens (primary N) is 1. The molecule has 0 radical (unpaired) electrons. The van der Waals surface area contributed by atoms with E-state index in [4.69, 9.17) is 22.1 Å². The minimum atomic E-state index is 0.506. The summed E-state index contributed by atoms with van der Waals surface area (Å²) in [5, 5.41) is 0.506. The summed E-state index contributed by atoms with van der Waals surface area (Å²) in [6.07, 6.45) is 0.963. The van der Waals surface area contributed by atoms with Crippen LogP contribution in [0, 0.1) is 0 Å². The summed E-state index contributed by atoms with van der Waals surface area (Å²) in [7, 11) is 0. The third-order valence-electron chi connectivity index (χ3n) is 1.45. The molecule has 0 heterocycles. The molecule has 0 atom stereocenters. The van der Waals surface area contributed by atoms with Crippen molar-refractivity contribution in [3.8, 4) is 5.75 Å². The van der Waals surface area contributed by atoms with E-state index in [-0.39, 0.29) is 0 Å². The molecule has 2 nitrogen and oxygen atoms in total. The summed E-state index contributed by atoms with van der Waals surface area (Å²) < 4.78 is 5.35. The maximum absolute atomic E-state index is 5.88. The third kappa shape index (κ3) is 2.05. The van der Waals surface area contributed by atoms with Gasteiger partial charge in [-0.05, 0) is 18.6 Å². The van der Waals surface area contributed by atoms with Crippen molar-refractivity contribution in [1.29, 1.82) is 0 Å². The van der Waals surface area contributed by atoms with Crippen LogP contribution in [0.15, 0.2) is 18.2 Å². The van der Waals surface area contributed by atoms with Gasteiger partial charge in [-0.3, -0.25) is 0 Å². The van der Waals surface area contributed by atoms with Crippen LogP contribution >= 0.6 is 11.6 Å². The fourth-order valence-electron chi connectivity index (χ4n) is 0.851. The maximum atomic E-state index is 5.88. The highest BCUT2D eigenvalue weighted by molar-refractivity contribution is 6.34. The summed E-state index contributed by atoms with van der Waals surface area (Å²) in [5.41, 5.74) is 6.14. The summed E-state index contributed by atoms with van der Waals surface area (Å²) in [5.74, 6) is 0.665. The average molecular weight is 186 g/mol. The molecule has 0 unspecified atom stereocenters. The molecular formula is C9H12ClNO. The van der Waals surface area contributed by atoms with Gasteiger partial charge in [-0.25, -0.2) is 0 Å². The van der Waals surface area contributed by atoms with Crippen LogP contribution < -0.4 is 10.5 Å². The van der Waals surface area contributed by atoms with Crippen LogP contribution in [0.2, 0.25) is 5.02 Å². The Morgan fingerprint density at radius 2 is 2.25 bits per heavy atom. The van der Waals surface area contributed by atoms with Crippen molar-refractivity contribution in [3.05, 3.63) is 23.2 Å². The van der Waals surface area contributed by atoms with E-state index >= 15 is 0 Å². The number of hydrogen-bond acceptors (Lipinski definition) is 2. The van der Waals surface area contributed by atoms with Crippen molar-refractivity contribution in [2.45, 2.75) is 13.3 Å². The Labute approximate surface area is 77.3 Å². The number of anilines is 1. The van der Waals surface area contributed by atoms with E-state index in [9.17, 15) is 0 Å². The van der Waals surface area contributed by atoms with Crippen molar-refractivity contribution in [1.82, 2.24) is 0 Å². The lowest BCUT2D eigenvalue weighted by atomic mass is 10.3. The second kappa shape index (κ2) is 4.21. The fraction of sp³-hybridized carbons (Fsp3) is 0.333. The molecule has 0 aliphatic rings. The number of nitrogen functional groups attached to an aromatic ring is 1. The predicted molar refractivity (Wildman–Crippen MR) is 51.7 cm³/mol. The molecule has 1 aromatic rings. The van der Waals surface area contributed by atoms with E-state index in [0.717, 1.165) is 6.42 Å². The van der Waals surface area contributed by atoms with Gasteiger partial charge in [-0.15, -0.1) is 0 Å². The van der Waals surface area contributed by atoms with Gasteiger partial charge in [0.2, 0.25) is 0 Å². The predicted octanol–water partition coefficient (Wildman–Crippen LogP) is 2.71. The van der Waals surface area contributed by atoms with Gasteiger partial charge in [-0.1, -0.05) is 24.6 Å². The van der Waals surface area contributed by atoms with Crippen molar-refractivity contribution in [3.63, 3.8) is 0 Å². The van der Waals surface area contributed by atoms with Gasteiger partial charge < -0.3 is 10.5 Å². The smallest absolute Gasteiger partial charge is 0.139 e. The highest BCUT2D eigenvalue weighted by Gasteiger charge is 2.02. The number of hydrogen-bond donors (Lipinski definition) is 1. The zero-order valence-electron chi connectivity index (χ0n) is 7.01. The lowest BCUT2D eigenvalue weighted by molar-refractivity contribution is 0.318. The molecule has 2 N–H and O–H groups in total. The zero-order valence-corrected chi connectivity index (χ0v) is 7.77. The number of halogens is 1. The lowest BCUT2D eigenvalue weighted by Gasteiger charge is -2.07. The van der Waals surface area contributed by atoms with E-state index in [1.165, 1.54) is 0 Å². The Bertz CT molecular complexity index is 263. The van der Waals surface area contributed by atoms with E-state index in [1.54, 1.807) is 6.07 Å². The number of rotatable bonds is 3. The van der Waals surface area contributed by atoms with Gasteiger partial charge >= 0.3 is 0 Å². The molecule has 0 saturated carbocycles. The summed E-state index contributed by atoms with van der Waals surface area (Å²) in [6.45, 7) is 2.71. The van der Waals surface area contributed by atoms with Crippen LogP contribution in [0.4, 0.5) is 5.69 Å². The summed E-state index contributed by atoms with van der Waals surface area (Å²) in [4.78, 5) is 0. The first-order chi connectivity index (χ1) is 5.75. The molecule has 1 rings (SSSR count). The number of ether oxygens (including phenoxy) is 1. The topological polar surface area (TPSA) is 35.2 Å². The van der Waals surface area contributed by atoms with E-state index in [0.29, 0.717) is 23.1 Å². The Morgan fingerprint density at radius 3 is 2.92 bits per heavy atom. The van der Waals surface area contributed by atoms with Crippen LogP contribution in [0.5, 0.6) is 5.75 Å². The van der Waals surface area contributed by atoms with E-state index in [2.05, 4.69) is 0 Å². The molecule has 0 saturated heterocycles. The molecule has 0 fully saturated rings. The third-order valence-corrected chi connectivity index (χ3v) is 1.86. The zero-order chi connectivity index (χ0) is 8.97. The first-order valence-electron chi connectivity index (χ1n) is 3.92. The Kier molecular flexibility index (Phi) is 3.23.